The molecule has 0 fully saturated rings. The highest BCUT2D eigenvalue weighted by Gasteiger charge is 2.21. The second-order valence-corrected chi connectivity index (χ2v) is 5.95. The normalized spacial score (nSPS) is 13.2. The van der Waals surface area contributed by atoms with Crippen molar-refractivity contribution in [2.24, 2.45) is 5.73 Å². The maximum Gasteiger partial charge on any atom is 0.241 e. The zero-order valence-corrected chi connectivity index (χ0v) is 11.4. The lowest BCUT2D eigenvalue weighted by atomic mass is 10.2. The summed E-state index contributed by atoms with van der Waals surface area (Å²) in [4.78, 5) is 0.199. The molecule has 1 unspecified atom stereocenters. The van der Waals surface area contributed by atoms with Crippen molar-refractivity contribution in [2.45, 2.75) is 37.6 Å². The number of amidine groups is 1. The van der Waals surface area contributed by atoms with Crippen LogP contribution in [0.5, 0.6) is 0 Å². The molecule has 0 heterocycles. The topological polar surface area (TPSA) is 96.0 Å². The Kier molecular flexibility index (Phi) is 4.86. The number of nitrogens with one attached hydrogen (secondary N) is 2. The van der Waals surface area contributed by atoms with Gasteiger partial charge in [0, 0.05) is 0 Å². The fourth-order valence-corrected chi connectivity index (χ4v) is 2.96. The minimum Gasteiger partial charge on any atom is -0.386 e. The maximum absolute atomic E-state index is 12.1. The highest BCUT2D eigenvalue weighted by molar-refractivity contribution is 7.89. The summed E-state index contributed by atoms with van der Waals surface area (Å²) in [6, 6.07) is 5.99. The minimum atomic E-state index is -3.62. The van der Waals surface area contributed by atoms with Gasteiger partial charge in [0.15, 0.2) is 0 Å². The number of nitrogens with two attached hydrogens (primary N) is 1. The summed E-state index contributed by atoms with van der Waals surface area (Å²) < 4.78 is 26.7. The third kappa shape index (κ3) is 3.82. The third-order valence-electron chi connectivity index (χ3n) is 2.55. The quantitative estimate of drug-likeness (QED) is 0.537. The van der Waals surface area contributed by atoms with Crippen LogP contribution in [0.4, 0.5) is 0 Å². The van der Waals surface area contributed by atoms with Crippen LogP contribution in [0, 0.1) is 12.3 Å². The van der Waals surface area contributed by atoms with E-state index in [2.05, 4.69) is 4.72 Å². The van der Waals surface area contributed by atoms with Crippen molar-refractivity contribution < 1.29 is 8.42 Å². The molecule has 0 saturated carbocycles. The Morgan fingerprint density at radius 1 is 1.50 bits per heavy atom. The van der Waals surface area contributed by atoms with E-state index in [1.165, 1.54) is 6.07 Å². The van der Waals surface area contributed by atoms with Crippen LogP contribution in [0.2, 0.25) is 0 Å². The Bertz CT molecular complexity index is 526. The molecule has 5 nitrogen and oxygen atoms in total. The molecule has 6 heteroatoms. The number of hydrogen-bond donors (Lipinski definition) is 3. The summed E-state index contributed by atoms with van der Waals surface area (Å²) in [5, 5.41) is 7.39. The third-order valence-corrected chi connectivity index (χ3v) is 4.02. The van der Waals surface area contributed by atoms with Gasteiger partial charge in [0.25, 0.3) is 0 Å². The van der Waals surface area contributed by atoms with E-state index in [1.54, 1.807) is 12.1 Å². The molecule has 0 aliphatic heterocycles. The van der Waals surface area contributed by atoms with Crippen molar-refractivity contribution >= 4 is 15.9 Å². The van der Waals surface area contributed by atoms with E-state index >= 15 is 0 Å². The molecule has 0 amide bonds. The highest BCUT2D eigenvalue weighted by Crippen LogP contribution is 2.12. The Labute approximate surface area is 108 Å². The molecular weight excluding hydrogens is 250 g/mol. The van der Waals surface area contributed by atoms with E-state index in [0.29, 0.717) is 6.42 Å². The van der Waals surface area contributed by atoms with Crippen molar-refractivity contribution in [3.63, 3.8) is 0 Å². The molecule has 1 atom stereocenters. The van der Waals surface area contributed by atoms with Gasteiger partial charge in [-0.1, -0.05) is 25.5 Å². The predicted molar refractivity (Wildman–Crippen MR) is 72.1 cm³/mol. The van der Waals surface area contributed by atoms with Gasteiger partial charge in [-0.05, 0) is 31.0 Å². The van der Waals surface area contributed by atoms with Gasteiger partial charge in [0.05, 0.1) is 10.9 Å². The van der Waals surface area contributed by atoms with Crippen LogP contribution >= 0.6 is 0 Å². The minimum absolute atomic E-state index is 0.159. The second-order valence-electron chi connectivity index (χ2n) is 4.23. The molecule has 0 aromatic heterocycles. The average molecular weight is 269 g/mol. The maximum atomic E-state index is 12.1. The smallest absolute Gasteiger partial charge is 0.241 e. The van der Waals surface area contributed by atoms with Gasteiger partial charge in [0.2, 0.25) is 10.0 Å². The summed E-state index contributed by atoms with van der Waals surface area (Å²) in [5.74, 6) is -0.159. The van der Waals surface area contributed by atoms with Crippen LogP contribution in [0.3, 0.4) is 0 Å². The van der Waals surface area contributed by atoms with Gasteiger partial charge in [-0.2, -0.15) is 0 Å². The summed E-state index contributed by atoms with van der Waals surface area (Å²) in [6.45, 7) is 3.74. The van der Waals surface area contributed by atoms with E-state index < -0.39 is 16.1 Å². The number of hydrogen-bond acceptors (Lipinski definition) is 3. The molecule has 4 N–H and O–H groups in total. The average Bonchev–Trinajstić information content (AvgIpc) is 2.28. The molecule has 18 heavy (non-hydrogen) atoms. The Hall–Kier alpha value is -1.40. The monoisotopic (exact) mass is 269 g/mol. The molecule has 0 radical (unpaired) electrons. The van der Waals surface area contributed by atoms with E-state index in [0.717, 1.165) is 12.0 Å². The Morgan fingerprint density at radius 2 is 2.17 bits per heavy atom. The molecule has 0 spiro atoms. The molecule has 0 bridgehead atoms. The summed E-state index contributed by atoms with van der Waals surface area (Å²) in [5.41, 5.74) is 6.26. The molecule has 1 aromatic carbocycles. The summed E-state index contributed by atoms with van der Waals surface area (Å²) in [6.07, 6.45) is 1.26. The predicted octanol–water partition coefficient (Wildman–Crippen LogP) is 1.38. The van der Waals surface area contributed by atoms with Gasteiger partial charge in [0.1, 0.15) is 5.84 Å². The van der Waals surface area contributed by atoms with E-state index in [1.807, 2.05) is 19.9 Å². The van der Waals surface area contributed by atoms with E-state index in [4.69, 9.17) is 11.1 Å². The summed E-state index contributed by atoms with van der Waals surface area (Å²) >= 11 is 0. The van der Waals surface area contributed by atoms with Gasteiger partial charge in [-0.15, -0.1) is 0 Å². The SMILES string of the molecule is CCCC(NS(=O)(=O)c1cccc(C)c1)C(=N)N. The van der Waals surface area contributed by atoms with Crippen molar-refractivity contribution in [3.8, 4) is 0 Å². The number of sulfonamides is 1. The first kappa shape index (κ1) is 14.7. The first-order valence-corrected chi connectivity index (χ1v) is 7.28. The van der Waals surface area contributed by atoms with E-state index in [-0.39, 0.29) is 10.7 Å². The first-order chi connectivity index (χ1) is 8.36. The Morgan fingerprint density at radius 3 is 2.67 bits per heavy atom. The van der Waals surface area contributed by atoms with Crippen LogP contribution in [0.25, 0.3) is 0 Å². The molecule has 0 saturated heterocycles. The fourth-order valence-electron chi connectivity index (χ4n) is 1.60. The summed E-state index contributed by atoms with van der Waals surface area (Å²) in [7, 11) is -3.62. The lowest BCUT2D eigenvalue weighted by Crippen LogP contribution is -2.43. The zero-order chi connectivity index (χ0) is 13.8. The zero-order valence-electron chi connectivity index (χ0n) is 10.6. The van der Waals surface area contributed by atoms with Gasteiger partial charge < -0.3 is 5.73 Å². The van der Waals surface area contributed by atoms with Crippen LogP contribution < -0.4 is 10.5 Å². The Balaban J connectivity index is 2.97. The van der Waals surface area contributed by atoms with Crippen LogP contribution in [0.15, 0.2) is 29.2 Å². The van der Waals surface area contributed by atoms with Gasteiger partial charge in [-0.3, -0.25) is 5.41 Å². The molecule has 0 aliphatic rings. The fraction of sp³-hybridized carbons (Fsp3) is 0.417. The lowest BCUT2D eigenvalue weighted by Gasteiger charge is -2.16. The van der Waals surface area contributed by atoms with Crippen molar-refractivity contribution in [2.75, 3.05) is 0 Å². The van der Waals surface area contributed by atoms with E-state index in [9.17, 15) is 8.42 Å². The van der Waals surface area contributed by atoms with Crippen molar-refractivity contribution in [1.29, 1.82) is 5.41 Å². The number of rotatable bonds is 6. The largest absolute Gasteiger partial charge is 0.386 e. The second kappa shape index (κ2) is 5.97. The number of benzene rings is 1. The lowest BCUT2D eigenvalue weighted by molar-refractivity contribution is 0.565. The van der Waals surface area contributed by atoms with Crippen LogP contribution in [-0.2, 0) is 10.0 Å². The van der Waals surface area contributed by atoms with Gasteiger partial charge in [-0.25, -0.2) is 13.1 Å². The van der Waals surface area contributed by atoms with Crippen LogP contribution in [-0.4, -0.2) is 20.3 Å². The van der Waals surface area contributed by atoms with Crippen molar-refractivity contribution in [3.05, 3.63) is 29.8 Å². The molecular formula is C12H19N3O2S. The number of aryl methyl sites for hydroxylation is 1. The highest BCUT2D eigenvalue weighted by atomic mass is 32.2. The molecule has 100 valence electrons. The molecule has 1 aromatic rings. The van der Waals surface area contributed by atoms with Crippen molar-refractivity contribution in [1.82, 2.24) is 4.72 Å². The standard InChI is InChI=1S/C12H19N3O2S/c1-3-5-11(12(13)14)15-18(16,17)10-7-4-6-9(2)8-10/h4,6-8,11,15H,3,5H2,1-2H3,(H3,13,14). The molecule has 0 aliphatic carbocycles. The first-order valence-electron chi connectivity index (χ1n) is 5.79. The molecule has 1 rings (SSSR count). The van der Waals surface area contributed by atoms with Gasteiger partial charge >= 0.3 is 0 Å². The van der Waals surface area contributed by atoms with Crippen LogP contribution in [0.1, 0.15) is 25.3 Å².